The number of likely N-dealkylation sites (N-methyl/N-ethyl adjacent to an activating group) is 2. The van der Waals surface area contributed by atoms with Gasteiger partial charge in [-0.25, -0.2) is 9.37 Å². The molecule has 0 aliphatic heterocycles. The molecule has 0 aliphatic rings. The monoisotopic (exact) mass is 565 g/mol. The number of nitrogens with one attached hydrogen (secondary N) is 3. The number of hydrogen-bond donors (Lipinski definition) is 3. The SMILES string of the molecule is CCCNc1nc(Nc2cccc(F)c2)ncc1C#CCCCNC(=O)[C@H](CC(C)C)N(C)C(=O)/C=C/CN(C)C. The molecule has 10 heteroatoms. The van der Waals surface area contributed by atoms with Gasteiger partial charge in [0, 0.05) is 44.9 Å². The van der Waals surface area contributed by atoms with E-state index < -0.39 is 6.04 Å². The lowest BCUT2D eigenvalue weighted by atomic mass is 10.0. The summed E-state index contributed by atoms with van der Waals surface area (Å²) in [6, 6.07) is 5.56. The van der Waals surface area contributed by atoms with Crippen molar-refractivity contribution in [1.82, 2.24) is 25.1 Å². The first-order valence-electron chi connectivity index (χ1n) is 14.1. The minimum atomic E-state index is -0.540. The quantitative estimate of drug-likeness (QED) is 0.167. The fraction of sp³-hybridized carbons (Fsp3) is 0.484. The van der Waals surface area contributed by atoms with Crippen molar-refractivity contribution < 1.29 is 14.0 Å². The van der Waals surface area contributed by atoms with Crippen molar-refractivity contribution in [2.75, 3.05) is 51.4 Å². The van der Waals surface area contributed by atoms with E-state index in [1.54, 1.807) is 31.5 Å². The maximum atomic E-state index is 13.5. The smallest absolute Gasteiger partial charge is 0.246 e. The first-order valence-corrected chi connectivity index (χ1v) is 14.1. The number of benzene rings is 1. The van der Waals surface area contributed by atoms with Crippen LogP contribution in [0.25, 0.3) is 0 Å². The molecule has 2 aromatic rings. The Kier molecular flexibility index (Phi) is 14.3. The van der Waals surface area contributed by atoms with E-state index in [0.29, 0.717) is 55.4 Å². The van der Waals surface area contributed by atoms with E-state index in [4.69, 9.17) is 0 Å². The predicted octanol–water partition coefficient (Wildman–Crippen LogP) is 4.42. The van der Waals surface area contributed by atoms with Crippen LogP contribution in [0.2, 0.25) is 0 Å². The minimum Gasteiger partial charge on any atom is -0.369 e. The van der Waals surface area contributed by atoms with E-state index in [0.717, 1.165) is 13.0 Å². The Morgan fingerprint density at radius 1 is 1.17 bits per heavy atom. The number of anilines is 3. The van der Waals surface area contributed by atoms with E-state index in [2.05, 4.69) is 44.7 Å². The number of nitrogens with zero attached hydrogens (tertiary/aromatic N) is 4. The molecule has 0 aliphatic carbocycles. The lowest BCUT2D eigenvalue weighted by Crippen LogP contribution is -2.48. The Hall–Kier alpha value is -3.97. The van der Waals surface area contributed by atoms with Crippen molar-refractivity contribution in [3.8, 4) is 11.8 Å². The average molecular weight is 566 g/mol. The number of aromatic nitrogens is 2. The molecule has 2 rings (SSSR count). The van der Waals surface area contributed by atoms with Gasteiger partial charge in [-0.1, -0.05) is 44.8 Å². The molecule has 0 spiro atoms. The molecule has 0 bridgehead atoms. The number of carbonyl (C=O) groups is 2. The Morgan fingerprint density at radius 3 is 2.63 bits per heavy atom. The van der Waals surface area contributed by atoms with Crippen LogP contribution in [-0.4, -0.2) is 78.4 Å². The zero-order valence-corrected chi connectivity index (χ0v) is 25.1. The van der Waals surface area contributed by atoms with Crippen molar-refractivity contribution in [2.45, 2.75) is 52.5 Å². The maximum Gasteiger partial charge on any atom is 0.246 e. The summed E-state index contributed by atoms with van der Waals surface area (Å²) < 4.78 is 13.5. The Bertz CT molecular complexity index is 1220. The lowest BCUT2D eigenvalue weighted by Gasteiger charge is -2.28. The molecule has 0 radical (unpaired) electrons. The topological polar surface area (TPSA) is 102 Å². The lowest BCUT2D eigenvalue weighted by molar-refractivity contribution is -0.136. The summed E-state index contributed by atoms with van der Waals surface area (Å²) in [6.45, 7) is 7.95. The summed E-state index contributed by atoms with van der Waals surface area (Å²) in [5.74, 6) is 6.76. The standard InChI is InChI=1S/C31H44FN7O2/c1-7-17-33-29-24(22-35-31(37-29)36-26-15-11-14-25(32)21-26)13-9-8-10-18-34-30(41)27(20-23(2)3)39(6)28(40)16-12-19-38(4)5/h11-12,14-16,21-23,27H,7-8,10,17-20H2,1-6H3,(H,34,41)(H2,33,35,36,37)/b16-12+/t27-/m0/s1. The molecule has 41 heavy (non-hydrogen) atoms. The second-order valence-corrected chi connectivity index (χ2v) is 10.5. The third-order valence-electron chi connectivity index (χ3n) is 5.96. The number of unbranched alkanes of at least 4 members (excludes halogenated alkanes) is 1. The van der Waals surface area contributed by atoms with Crippen molar-refractivity contribution in [3.63, 3.8) is 0 Å². The van der Waals surface area contributed by atoms with Crippen LogP contribution in [0, 0.1) is 23.6 Å². The van der Waals surface area contributed by atoms with Gasteiger partial charge in [-0.05, 0) is 57.5 Å². The minimum absolute atomic E-state index is 0.163. The van der Waals surface area contributed by atoms with E-state index in [1.807, 2.05) is 32.8 Å². The van der Waals surface area contributed by atoms with Gasteiger partial charge in [0.15, 0.2) is 0 Å². The molecule has 3 N–H and O–H groups in total. The largest absolute Gasteiger partial charge is 0.369 e. The van der Waals surface area contributed by atoms with Gasteiger partial charge in [-0.2, -0.15) is 4.98 Å². The molecule has 9 nitrogen and oxygen atoms in total. The fourth-order valence-corrected chi connectivity index (χ4v) is 3.79. The summed E-state index contributed by atoms with van der Waals surface area (Å²) in [4.78, 5) is 37.9. The van der Waals surface area contributed by atoms with E-state index in [1.165, 1.54) is 23.1 Å². The molecule has 0 unspecified atom stereocenters. The van der Waals surface area contributed by atoms with Crippen molar-refractivity contribution >= 4 is 29.3 Å². The van der Waals surface area contributed by atoms with Gasteiger partial charge in [0.2, 0.25) is 17.8 Å². The van der Waals surface area contributed by atoms with Crippen LogP contribution < -0.4 is 16.0 Å². The fourth-order valence-electron chi connectivity index (χ4n) is 3.79. The number of amides is 2. The van der Waals surface area contributed by atoms with Crippen LogP contribution in [0.15, 0.2) is 42.6 Å². The molecule has 0 saturated heterocycles. The molecular formula is C31H44FN7O2. The molecule has 222 valence electrons. The van der Waals surface area contributed by atoms with Gasteiger partial charge in [0.05, 0.1) is 11.8 Å². The summed E-state index contributed by atoms with van der Waals surface area (Å²) in [5.41, 5.74) is 1.21. The summed E-state index contributed by atoms with van der Waals surface area (Å²) in [7, 11) is 5.53. The molecule has 1 atom stereocenters. The van der Waals surface area contributed by atoms with Crippen LogP contribution >= 0.6 is 0 Å². The Labute approximate surface area is 244 Å². The third kappa shape index (κ3) is 12.4. The van der Waals surface area contributed by atoms with Gasteiger partial charge >= 0.3 is 0 Å². The van der Waals surface area contributed by atoms with Crippen LogP contribution in [0.3, 0.4) is 0 Å². The number of hydrogen-bond acceptors (Lipinski definition) is 7. The van der Waals surface area contributed by atoms with Gasteiger partial charge in [-0.3, -0.25) is 9.59 Å². The Balaban J connectivity index is 1.95. The highest BCUT2D eigenvalue weighted by Gasteiger charge is 2.26. The number of carbonyl (C=O) groups excluding carboxylic acids is 2. The summed E-state index contributed by atoms with van der Waals surface area (Å²) in [6.07, 6.45) is 7.66. The van der Waals surface area contributed by atoms with Gasteiger partial charge in [0.25, 0.3) is 0 Å². The van der Waals surface area contributed by atoms with Crippen LogP contribution in [0.1, 0.15) is 52.0 Å². The second kappa shape index (κ2) is 17.7. The van der Waals surface area contributed by atoms with Crippen LogP contribution in [-0.2, 0) is 9.59 Å². The van der Waals surface area contributed by atoms with Crippen molar-refractivity contribution in [1.29, 1.82) is 0 Å². The first kappa shape index (κ1) is 33.2. The highest BCUT2D eigenvalue weighted by Crippen LogP contribution is 2.18. The van der Waals surface area contributed by atoms with Crippen molar-refractivity contribution in [2.24, 2.45) is 5.92 Å². The highest BCUT2D eigenvalue weighted by molar-refractivity contribution is 5.92. The molecule has 1 aromatic carbocycles. The van der Waals surface area contributed by atoms with Crippen LogP contribution in [0.5, 0.6) is 0 Å². The molecule has 2 amide bonds. The Morgan fingerprint density at radius 2 is 1.95 bits per heavy atom. The highest BCUT2D eigenvalue weighted by atomic mass is 19.1. The third-order valence-corrected chi connectivity index (χ3v) is 5.96. The molecule has 0 fully saturated rings. The summed E-state index contributed by atoms with van der Waals surface area (Å²) >= 11 is 0. The van der Waals surface area contributed by atoms with Gasteiger partial charge in [0.1, 0.15) is 17.7 Å². The number of rotatable bonds is 15. The predicted molar refractivity (Wildman–Crippen MR) is 163 cm³/mol. The maximum absolute atomic E-state index is 13.5. The van der Waals surface area contributed by atoms with Gasteiger partial charge in [-0.15, -0.1) is 0 Å². The second-order valence-electron chi connectivity index (χ2n) is 10.5. The molecule has 0 saturated carbocycles. The van der Waals surface area contributed by atoms with E-state index >= 15 is 0 Å². The molecule has 1 aromatic heterocycles. The van der Waals surface area contributed by atoms with E-state index in [9.17, 15) is 14.0 Å². The molecule has 1 heterocycles. The molecular weight excluding hydrogens is 521 g/mol. The average Bonchev–Trinajstić information content (AvgIpc) is 2.92. The summed E-state index contributed by atoms with van der Waals surface area (Å²) in [5, 5.41) is 9.25. The van der Waals surface area contributed by atoms with Crippen LogP contribution in [0.4, 0.5) is 21.8 Å². The van der Waals surface area contributed by atoms with Gasteiger partial charge < -0.3 is 25.8 Å². The zero-order chi connectivity index (χ0) is 30.2. The van der Waals surface area contributed by atoms with E-state index in [-0.39, 0.29) is 23.5 Å². The normalized spacial score (nSPS) is 11.7. The number of halogens is 1. The zero-order valence-electron chi connectivity index (χ0n) is 25.1. The van der Waals surface area contributed by atoms with Crippen molar-refractivity contribution in [3.05, 3.63) is 54.0 Å². The first-order chi connectivity index (χ1) is 19.6.